The standard InChI is InChI=1S/C23H22FN3O5S/c1-2-19(22(31)26-18(11-21(29)30)20(28)12-24)27-13-25-17-9-8-15(10-16(17)23(27)32)33-14-6-4-3-5-7-14/h3-10,13,18-19H,2,11-12H2,1H3,(H,26,31)(H,29,30)/t18?,19-/m0/s1. The Morgan fingerprint density at radius 3 is 2.52 bits per heavy atom. The van der Waals surface area contributed by atoms with Crippen LogP contribution in [0.3, 0.4) is 0 Å². The number of aliphatic carboxylic acids is 1. The number of rotatable bonds is 10. The van der Waals surface area contributed by atoms with E-state index >= 15 is 0 Å². The predicted octanol–water partition coefficient (Wildman–Crippen LogP) is 3.00. The van der Waals surface area contributed by atoms with Gasteiger partial charge >= 0.3 is 5.97 Å². The molecule has 0 spiro atoms. The number of carbonyl (C=O) groups excluding carboxylic acids is 2. The van der Waals surface area contributed by atoms with Crippen LogP contribution in [0.1, 0.15) is 25.8 Å². The highest BCUT2D eigenvalue weighted by Crippen LogP contribution is 2.28. The molecule has 1 amide bonds. The smallest absolute Gasteiger partial charge is 0.305 e. The van der Waals surface area contributed by atoms with Gasteiger partial charge in [-0.15, -0.1) is 0 Å². The van der Waals surface area contributed by atoms with Crippen LogP contribution in [0.5, 0.6) is 0 Å². The number of benzene rings is 2. The lowest BCUT2D eigenvalue weighted by Gasteiger charge is -2.21. The van der Waals surface area contributed by atoms with Crippen molar-refractivity contribution in [3.05, 3.63) is 65.2 Å². The summed E-state index contributed by atoms with van der Waals surface area (Å²) >= 11 is 1.47. The Morgan fingerprint density at radius 1 is 1.15 bits per heavy atom. The van der Waals surface area contributed by atoms with Crippen molar-refractivity contribution in [1.29, 1.82) is 0 Å². The normalized spacial score (nSPS) is 12.8. The van der Waals surface area contributed by atoms with Gasteiger partial charge in [0.2, 0.25) is 5.91 Å². The second-order valence-electron chi connectivity index (χ2n) is 7.23. The fourth-order valence-corrected chi connectivity index (χ4v) is 4.19. The molecular formula is C23H22FN3O5S. The van der Waals surface area contributed by atoms with Gasteiger partial charge in [0.05, 0.1) is 23.7 Å². The minimum atomic E-state index is -1.52. The van der Waals surface area contributed by atoms with E-state index in [1.54, 1.807) is 19.1 Å². The summed E-state index contributed by atoms with van der Waals surface area (Å²) in [6.07, 6.45) is 0.655. The lowest BCUT2D eigenvalue weighted by molar-refractivity contribution is -0.140. The van der Waals surface area contributed by atoms with Gasteiger partial charge in [0.25, 0.3) is 5.56 Å². The summed E-state index contributed by atoms with van der Waals surface area (Å²) < 4.78 is 14.0. The van der Waals surface area contributed by atoms with Crippen LogP contribution in [0.4, 0.5) is 4.39 Å². The molecule has 8 nitrogen and oxygen atoms in total. The maximum atomic E-state index is 13.2. The molecule has 2 N–H and O–H groups in total. The molecule has 33 heavy (non-hydrogen) atoms. The number of carbonyl (C=O) groups is 3. The SMILES string of the molecule is CC[C@@H](C(=O)NC(CC(=O)O)C(=O)CF)n1cnc2ccc(Sc3ccccc3)cc2c1=O. The van der Waals surface area contributed by atoms with Crippen molar-refractivity contribution in [2.24, 2.45) is 0 Å². The van der Waals surface area contributed by atoms with E-state index < -0.39 is 48.4 Å². The van der Waals surface area contributed by atoms with E-state index in [1.165, 1.54) is 18.1 Å². The Hall–Kier alpha value is -3.53. The van der Waals surface area contributed by atoms with Gasteiger partial charge in [0.1, 0.15) is 18.8 Å². The lowest BCUT2D eigenvalue weighted by atomic mass is 10.1. The van der Waals surface area contributed by atoms with Gasteiger partial charge in [-0.05, 0) is 36.8 Å². The van der Waals surface area contributed by atoms with E-state index in [4.69, 9.17) is 5.11 Å². The number of amides is 1. The molecule has 1 unspecified atom stereocenters. The molecule has 0 fully saturated rings. The lowest BCUT2D eigenvalue weighted by Crippen LogP contribution is -2.47. The van der Waals surface area contributed by atoms with Crippen molar-refractivity contribution in [2.75, 3.05) is 6.67 Å². The van der Waals surface area contributed by atoms with Gasteiger partial charge < -0.3 is 10.4 Å². The number of alkyl halides is 1. The van der Waals surface area contributed by atoms with Gasteiger partial charge in [0.15, 0.2) is 5.78 Å². The molecule has 0 saturated heterocycles. The first-order valence-electron chi connectivity index (χ1n) is 10.2. The molecule has 1 heterocycles. The zero-order valence-electron chi connectivity index (χ0n) is 17.7. The molecule has 3 aromatic rings. The third-order valence-corrected chi connectivity index (χ3v) is 5.97. The topological polar surface area (TPSA) is 118 Å². The van der Waals surface area contributed by atoms with Gasteiger partial charge in [-0.3, -0.25) is 23.7 Å². The Kier molecular flexibility index (Phi) is 7.94. The van der Waals surface area contributed by atoms with E-state index in [1.807, 2.05) is 36.4 Å². The molecule has 10 heteroatoms. The van der Waals surface area contributed by atoms with E-state index in [0.717, 1.165) is 14.4 Å². The van der Waals surface area contributed by atoms with Crippen LogP contribution < -0.4 is 10.9 Å². The predicted molar refractivity (Wildman–Crippen MR) is 121 cm³/mol. The molecule has 2 atom stereocenters. The number of carboxylic acids is 1. The number of Topliss-reactive ketones (excluding diaryl/α,β-unsaturated/α-hetero) is 1. The van der Waals surface area contributed by atoms with E-state index in [-0.39, 0.29) is 6.42 Å². The highest BCUT2D eigenvalue weighted by Gasteiger charge is 2.28. The minimum Gasteiger partial charge on any atom is -0.481 e. The molecule has 0 aliphatic carbocycles. The maximum absolute atomic E-state index is 13.2. The number of nitrogens with one attached hydrogen (secondary N) is 1. The van der Waals surface area contributed by atoms with Crippen LogP contribution in [0.25, 0.3) is 10.9 Å². The first-order valence-corrected chi connectivity index (χ1v) is 11.0. The third-order valence-electron chi connectivity index (χ3n) is 4.97. The molecule has 172 valence electrons. The fraction of sp³-hybridized carbons (Fsp3) is 0.261. The number of ketones is 1. The van der Waals surface area contributed by atoms with Crippen molar-refractivity contribution in [3.63, 3.8) is 0 Å². The second kappa shape index (κ2) is 10.9. The zero-order chi connectivity index (χ0) is 24.0. The average molecular weight is 472 g/mol. The van der Waals surface area contributed by atoms with Crippen LogP contribution in [-0.4, -0.2) is 45.0 Å². The third kappa shape index (κ3) is 5.83. The molecule has 0 bridgehead atoms. The number of carboxylic acid groups (broad SMARTS) is 1. The number of halogens is 1. The summed E-state index contributed by atoms with van der Waals surface area (Å²) in [6, 6.07) is 12.3. The summed E-state index contributed by atoms with van der Waals surface area (Å²) in [5.74, 6) is -3.17. The summed E-state index contributed by atoms with van der Waals surface area (Å²) in [4.78, 5) is 54.8. The molecule has 0 aliphatic heterocycles. The Bertz CT molecular complexity index is 1230. The zero-order valence-corrected chi connectivity index (χ0v) is 18.5. The fourth-order valence-electron chi connectivity index (χ4n) is 3.31. The summed E-state index contributed by atoms with van der Waals surface area (Å²) in [5.41, 5.74) is 0.00407. The summed E-state index contributed by atoms with van der Waals surface area (Å²) in [5, 5.41) is 11.5. The minimum absolute atomic E-state index is 0.168. The summed E-state index contributed by atoms with van der Waals surface area (Å²) in [7, 11) is 0. The van der Waals surface area contributed by atoms with Gasteiger partial charge in [-0.2, -0.15) is 0 Å². The number of hydrogen-bond donors (Lipinski definition) is 2. The van der Waals surface area contributed by atoms with Crippen molar-refractivity contribution < 1.29 is 23.9 Å². The molecular weight excluding hydrogens is 449 g/mol. The van der Waals surface area contributed by atoms with Crippen molar-refractivity contribution in [2.45, 2.75) is 41.6 Å². The maximum Gasteiger partial charge on any atom is 0.305 e. The Balaban J connectivity index is 1.92. The highest BCUT2D eigenvalue weighted by atomic mass is 32.2. The van der Waals surface area contributed by atoms with Crippen LogP contribution in [-0.2, 0) is 14.4 Å². The first-order chi connectivity index (χ1) is 15.8. The number of hydrogen-bond acceptors (Lipinski definition) is 6. The van der Waals surface area contributed by atoms with Crippen molar-refractivity contribution in [1.82, 2.24) is 14.9 Å². The average Bonchev–Trinajstić information content (AvgIpc) is 2.80. The molecule has 0 radical (unpaired) electrons. The molecule has 3 rings (SSSR count). The van der Waals surface area contributed by atoms with Gasteiger partial charge in [0, 0.05) is 9.79 Å². The van der Waals surface area contributed by atoms with Crippen molar-refractivity contribution in [3.8, 4) is 0 Å². The van der Waals surface area contributed by atoms with Crippen LogP contribution in [0, 0.1) is 0 Å². The summed E-state index contributed by atoms with van der Waals surface area (Å²) in [6.45, 7) is 0.250. The number of fused-ring (bicyclic) bond motifs is 1. The Morgan fingerprint density at radius 2 is 1.88 bits per heavy atom. The monoisotopic (exact) mass is 471 g/mol. The number of aromatic nitrogens is 2. The van der Waals surface area contributed by atoms with E-state index in [9.17, 15) is 23.6 Å². The van der Waals surface area contributed by atoms with Gasteiger partial charge in [-0.1, -0.05) is 36.9 Å². The highest BCUT2D eigenvalue weighted by molar-refractivity contribution is 7.99. The molecule has 0 aliphatic rings. The van der Waals surface area contributed by atoms with Crippen LogP contribution >= 0.6 is 11.8 Å². The van der Waals surface area contributed by atoms with Crippen LogP contribution in [0.15, 0.2) is 69.4 Å². The molecule has 1 aromatic heterocycles. The van der Waals surface area contributed by atoms with E-state index in [2.05, 4.69) is 10.3 Å². The first kappa shape index (κ1) is 24.1. The number of nitrogens with zero attached hydrogens (tertiary/aromatic N) is 2. The van der Waals surface area contributed by atoms with Crippen molar-refractivity contribution >= 4 is 40.3 Å². The second-order valence-corrected chi connectivity index (χ2v) is 8.38. The molecule has 2 aromatic carbocycles. The van der Waals surface area contributed by atoms with E-state index in [0.29, 0.717) is 10.9 Å². The molecule has 0 saturated carbocycles. The van der Waals surface area contributed by atoms with Crippen LogP contribution in [0.2, 0.25) is 0 Å². The van der Waals surface area contributed by atoms with Gasteiger partial charge in [-0.25, -0.2) is 9.37 Å². The Labute approximate surface area is 192 Å². The largest absolute Gasteiger partial charge is 0.481 e. The quantitative estimate of drug-likeness (QED) is 0.467.